The lowest BCUT2D eigenvalue weighted by Crippen LogP contribution is -2.25. The molecule has 0 aliphatic heterocycles. The minimum absolute atomic E-state index is 0.180. The Morgan fingerprint density at radius 3 is 0.421 bits per heavy atom. The molecule has 0 heteroatoms. The standard InChI is InChI=1S/2C25H16.C14H10.6C2H6/c2*1-5-13-21-17(9-1)18-10-2-6-14-22(18)25(21)23-15-7-3-11-19(23)20-12-4-8-16-24(20)25;1-2-6-12-10-14-8-4-3-7-13(14)9-11(12)5-1;6*1-2/h2*1-16H;1-10H;6*1-2H3. The lowest BCUT2D eigenvalue weighted by molar-refractivity contribution is 0.794. The zero-order valence-electron chi connectivity index (χ0n) is 47.2. The van der Waals surface area contributed by atoms with Crippen molar-refractivity contribution in [2.24, 2.45) is 0 Å². The fourth-order valence-corrected chi connectivity index (χ4v) is 12.0. The van der Waals surface area contributed by atoms with E-state index in [4.69, 9.17) is 0 Å². The second kappa shape index (κ2) is 25.9. The van der Waals surface area contributed by atoms with Gasteiger partial charge in [0.1, 0.15) is 0 Å². The number of rotatable bonds is 0. The van der Waals surface area contributed by atoms with Crippen molar-refractivity contribution in [3.05, 3.63) is 299 Å². The van der Waals surface area contributed by atoms with Gasteiger partial charge < -0.3 is 0 Å². The largest absolute Gasteiger partial charge is 0.0725 e. The van der Waals surface area contributed by atoms with E-state index in [-0.39, 0.29) is 10.8 Å². The molecule has 0 saturated heterocycles. The van der Waals surface area contributed by atoms with Gasteiger partial charge >= 0.3 is 0 Å². The molecule has 382 valence electrons. The number of fused-ring (bicyclic) bond motifs is 22. The highest BCUT2D eigenvalue weighted by atomic mass is 14.5. The van der Waals surface area contributed by atoms with Crippen molar-refractivity contribution < 1.29 is 0 Å². The van der Waals surface area contributed by atoms with Gasteiger partial charge in [-0.3, -0.25) is 0 Å². The van der Waals surface area contributed by atoms with Crippen molar-refractivity contribution in [2.75, 3.05) is 0 Å². The highest BCUT2D eigenvalue weighted by molar-refractivity contribution is 5.99. The number of benzene rings is 11. The summed E-state index contributed by atoms with van der Waals surface area (Å²) in [5, 5.41) is 5.25. The van der Waals surface area contributed by atoms with Crippen molar-refractivity contribution in [1.82, 2.24) is 0 Å². The van der Waals surface area contributed by atoms with Crippen molar-refractivity contribution in [3.8, 4) is 44.5 Å². The smallest absolute Gasteiger partial charge is 0.0683 e. The van der Waals surface area contributed by atoms with Crippen LogP contribution in [0.5, 0.6) is 0 Å². The quantitative estimate of drug-likeness (QED) is 0.133. The van der Waals surface area contributed by atoms with Crippen LogP contribution < -0.4 is 0 Å². The molecule has 0 amide bonds. The molecule has 11 aromatic carbocycles. The first-order chi connectivity index (χ1) is 37.8. The summed E-state index contributed by atoms with van der Waals surface area (Å²) in [5.41, 5.74) is 21.8. The molecule has 0 aromatic heterocycles. The van der Waals surface area contributed by atoms with E-state index in [9.17, 15) is 0 Å². The fraction of sp³-hybridized carbons (Fsp3) is 0.184. The Hall–Kier alpha value is -8.06. The van der Waals surface area contributed by atoms with Crippen LogP contribution in [0, 0.1) is 0 Å². The molecular formula is C76H78. The maximum atomic E-state index is 2.31. The van der Waals surface area contributed by atoms with Gasteiger partial charge in [-0.15, -0.1) is 0 Å². The van der Waals surface area contributed by atoms with E-state index in [1.807, 2.05) is 83.1 Å². The van der Waals surface area contributed by atoms with Crippen LogP contribution >= 0.6 is 0 Å². The Morgan fingerprint density at radius 2 is 0.276 bits per heavy atom. The molecule has 76 heavy (non-hydrogen) atoms. The van der Waals surface area contributed by atoms with Gasteiger partial charge in [0.15, 0.2) is 0 Å². The van der Waals surface area contributed by atoms with Crippen LogP contribution in [0.3, 0.4) is 0 Å². The summed E-state index contributed by atoms with van der Waals surface area (Å²) in [7, 11) is 0. The molecule has 4 aliphatic carbocycles. The van der Waals surface area contributed by atoms with E-state index in [0.717, 1.165) is 0 Å². The third kappa shape index (κ3) is 9.19. The zero-order valence-corrected chi connectivity index (χ0v) is 47.2. The topological polar surface area (TPSA) is 0 Å². The summed E-state index contributed by atoms with van der Waals surface area (Å²) < 4.78 is 0. The molecule has 4 aliphatic rings. The van der Waals surface area contributed by atoms with Gasteiger partial charge in [0.05, 0.1) is 10.8 Å². The van der Waals surface area contributed by atoms with Crippen LogP contribution in [0.1, 0.15) is 128 Å². The van der Waals surface area contributed by atoms with Gasteiger partial charge in [0, 0.05) is 0 Å². The van der Waals surface area contributed by atoms with Crippen LogP contribution in [0.25, 0.3) is 66.1 Å². The molecule has 0 atom stereocenters. The maximum absolute atomic E-state index is 2.31. The minimum atomic E-state index is -0.180. The van der Waals surface area contributed by atoms with Gasteiger partial charge in [-0.05, 0) is 123 Å². The summed E-state index contributed by atoms with van der Waals surface area (Å²) in [6.07, 6.45) is 0. The molecule has 0 saturated carbocycles. The predicted molar refractivity (Wildman–Crippen MR) is 335 cm³/mol. The Morgan fingerprint density at radius 1 is 0.158 bits per heavy atom. The second-order valence-corrected chi connectivity index (χ2v) is 17.4. The lowest BCUT2D eigenvalue weighted by Gasteiger charge is -2.30. The Bertz CT molecular complexity index is 2970. The Labute approximate surface area is 456 Å². The monoisotopic (exact) mass is 991 g/mol. The summed E-state index contributed by atoms with van der Waals surface area (Å²) in [6, 6.07) is 92.7. The van der Waals surface area contributed by atoms with Crippen LogP contribution in [0.15, 0.2) is 255 Å². The van der Waals surface area contributed by atoms with E-state index >= 15 is 0 Å². The minimum Gasteiger partial charge on any atom is -0.0683 e. The molecule has 0 N–H and O–H groups in total. The molecule has 0 fully saturated rings. The Kier molecular flexibility index (Phi) is 19.0. The second-order valence-electron chi connectivity index (χ2n) is 17.4. The normalized spacial score (nSPS) is 12.2. The molecule has 0 nitrogen and oxygen atoms in total. The fourth-order valence-electron chi connectivity index (χ4n) is 12.0. The molecule has 0 bridgehead atoms. The lowest BCUT2D eigenvalue weighted by atomic mass is 9.70. The Balaban J connectivity index is 0.000000155. The first-order valence-electron chi connectivity index (χ1n) is 28.4. The van der Waals surface area contributed by atoms with E-state index in [1.165, 1.54) is 111 Å². The number of hydrogen-bond donors (Lipinski definition) is 0. The molecule has 0 radical (unpaired) electrons. The molecule has 15 rings (SSSR count). The van der Waals surface area contributed by atoms with Gasteiger partial charge in [0.2, 0.25) is 0 Å². The SMILES string of the molecule is CC.CC.CC.CC.CC.CC.c1ccc2c(c1)-c1ccccc1C21c2ccccc2-c2ccccc21.c1ccc2c(c1)-c1ccccc1C21c2ccccc2-c2ccccc21.c1ccc2cc3ccccc3cc2c1. The van der Waals surface area contributed by atoms with Crippen LogP contribution in [-0.2, 0) is 10.8 Å². The van der Waals surface area contributed by atoms with Gasteiger partial charge in [-0.2, -0.15) is 0 Å². The molecule has 2 spiro atoms. The zero-order chi connectivity index (χ0) is 54.2. The van der Waals surface area contributed by atoms with Gasteiger partial charge in [0.25, 0.3) is 0 Å². The van der Waals surface area contributed by atoms with E-state index in [2.05, 4.69) is 255 Å². The summed E-state index contributed by atoms with van der Waals surface area (Å²) >= 11 is 0. The summed E-state index contributed by atoms with van der Waals surface area (Å²) in [6.45, 7) is 24.0. The average Bonchev–Trinajstić information content (AvgIpc) is 4.32. The third-order valence-corrected chi connectivity index (χ3v) is 14.4. The predicted octanol–water partition coefficient (Wildman–Crippen LogP) is 22.2. The highest BCUT2D eigenvalue weighted by Gasteiger charge is 2.52. The van der Waals surface area contributed by atoms with Gasteiger partial charge in [-0.25, -0.2) is 0 Å². The first kappa shape index (κ1) is 55.7. The van der Waals surface area contributed by atoms with E-state index < -0.39 is 0 Å². The average molecular weight is 991 g/mol. The first-order valence-corrected chi connectivity index (χ1v) is 28.4. The third-order valence-electron chi connectivity index (χ3n) is 14.4. The maximum Gasteiger partial charge on any atom is 0.0725 e. The van der Waals surface area contributed by atoms with Crippen LogP contribution in [0.2, 0.25) is 0 Å². The summed E-state index contributed by atoms with van der Waals surface area (Å²) in [4.78, 5) is 0. The van der Waals surface area contributed by atoms with Crippen molar-refractivity contribution in [3.63, 3.8) is 0 Å². The van der Waals surface area contributed by atoms with Crippen molar-refractivity contribution in [2.45, 2.75) is 93.9 Å². The molecule has 0 heterocycles. The summed E-state index contributed by atoms with van der Waals surface area (Å²) in [5.74, 6) is 0. The molecular weight excluding hydrogens is 913 g/mol. The van der Waals surface area contributed by atoms with Crippen molar-refractivity contribution in [1.29, 1.82) is 0 Å². The van der Waals surface area contributed by atoms with E-state index in [1.54, 1.807) is 0 Å². The molecule has 0 unspecified atom stereocenters. The van der Waals surface area contributed by atoms with Crippen LogP contribution in [-0.4, -0.2) is 0 Å². The van der Waals surface area contributed by atoms with Crippen LogP contribution in [0.4, 0.5) is 0 Å². The van der Waals surface area contributed by atoms with Gasteiger partial charge in [-0.1, -0.05) is 326 Å². The number of hydrogen-bond acceptors (Lipinski definition) is 0. The highest BCUT2D eigenvalue weighted by Crippen LogP contribution is 2.64. The van der Waals surface area contributed by atoms with Crippen molar-refractivity contribution >= 4 is 21.5 Å². The van der Waals surface area contributed by atoms with E-state index in [0.29, 0.717) is 0 Å². The molecule has 11 aromatic rings.